The number of nitrogens with one attached hydrogen (secondary N) is 1. The Bertz CT molecular complexity index is 252. The predicted molar refractivity (Wildman–Crippen MR) is 86.8 cm³/mol. The number of unbranched alkanes of at least 4 members (excludes halogenated alkanes) is 9. The molecule has 0 aromatic rings. The minimum Gasteiger partial charge on any atom is -1.00 e. The summed E-state index contributed by atoms with van der Waals surface area (Å²) in [6, 6.07) is 0. The molecule has 0 aliphatic carbocycles. The van der Waals surface area contributed by atoms with Crippen molar-refractivity contribution >= 4 is 11.9 Å². The molecule has 5 nitrogen and oxygen atoms in total. The van der Waals surface area contributed by atoms with Crippen LogP contribution in [0.1, 0.15) is 79.5 Å². The van der Waals surface area contributed by atoms with Crippen LogP contribution in [0.15, 0.2) is 0 Å². The van der Waals surface area contributed by atoms with Gasteiger partial charge in [0, 0.05) is 6.92 Å². The van der Waals surface area contributed by atoms with Gasteiger partial charge in [-0.25, -0.2) is 0 Å². The van der Waals surface area contributed by atoms with E-state index in [0.29, 0.717) is 0 Å². The normalized spacial score (nSPS) is 9.36. The van der Waals surface area contributed by atoms with Crippen molar-refractivity contribution in [3.8, 4) is 0 Å². The van der Waals surface area contributed by atoms with Gasteiger partial charge in [0.05, 0.1) is 6.54 Å². The Morgan fingerprint density at radius 3 is 1.59 bits per heavy atom. The molecule has 0 atom stereocenters. The molecule has 0 bridgehead atoms. The van der Waals surface area contributed by atoms with E-state index >= 15 is 0 Å². The third kappa shape index (κ3) is 36.8. The first-order valence-electron chi connectivity index (χ1n) is 8.12. The van der Waals surface area contributed by atoms with Gasteiger partial charge >= 0.3 is 35.5 Å². The van der Waals surface area contributed by atoms with Gasteiger partial charge in [0.1, 0.15) is 0 Å². The molecule has 0 spiro atoms. The summed E-state index contributed by atoms with van der Waals surface area (Å²) >= 11 is 0. The second-order valence-electron chi connectivity index (χ2n) is 5.27. The van der Waals surface area contributed by atoms with E-state index in [0.717, 1.165) is 19.9 Å². The SMILES string of the molecule is CC(=O)O.CCCCCCCCCCCCNCC(=O)O.[H-].[Na+]. The second-order valence-corrected chi connectivity index (χ2v) is 5.27. The molecule has 0 amide bonds. The zero-order valence-corrected chi connectivity index (χ0v) is 16.7. The topological polar surface area (TPSA) is 86.6 Å². The summed E-state index contributed by atoms with van der Waals surface area (Å²) in [5.74, 6) is -1.60. The number of rotatable bonds is 13. The molecule has 128 valence electrons. The molecular formula is C16H34NNaO4. The van der Waals surface area contributed by atoms with E-state index in [1.54, 1.807) is 0 Å². The van der Waals surface area contributed by atoms with Crippen LogP contribution >= 0.6 is 0 Å². The first-order valence-corrected chi connectivity index (χ1v) is 8.12. The number of carbonyl (C=O) groups is 2. The summed E-state index contributed by atoms with van der Waals surface area (Å²) in [5, 5.41) is 18.7. The molecule has 0 unspecified atom stereocenters. The fraction of sp³-hybridized carbons (Fsp3) is 0.875. The maximum Gasteiger partial charge on any atom is 1.00 e. The molecule has 0 aromatic heterocycles. The molecule has 0 saturated carbocycles. The Balaban J connectivity index is -0.000000268. The van der Waals surface area contributed by atoms with Gasteiger partial charge in [-0.1, -0.05) is 64.7 Å². The summed E-state index contributed by atoms with van der Waals surface area (Å²) in [7, 11) is 0. The van der Waals surface area contributed by atoms with Crippen molar-refractivity contribution in [1.29, 1.82) is 0 Å². The molecular weight excluding hydrogens is 293 g/mol. The maximum absolute atomic E-state index is 10.2. The van der Waals surface area contributed by atoms with Gasteiger partial charge in [-0.05, 0) is 13.0 Å². The fourth-order valence-electron chi connectivity index (χ4n) is 1.93. The minimum atomic E-state index is -0.833. The molecule has 22 heavy (non-hydrogen) atoms. The van der Waals surface area contributed by atoms with Crippen LogP contribution in [0.4, 0.5) is 0 Å². The van der Waals surface area contributed by atoms with Crippen molar-refractivity contribution in [2.45, 2.75) is 78.1 Å². The van der Waals surface area contributed by atoms with Crippen LogP contribution in [0.3, 0.4) is 0 Å². The monoisotopic (exact) mass is 327 g/mol. The third-order valence-corrected chi connectivity index (χ3v) is 2.98. The van der Waals surface area contributed by atoms with Gasteiger partial charge in [-0.2, -0.15) is 0 Å². The van der Waals surface area contributed by atoms with Crippen LogP contribution in [0, 0.1) is 0 Å². The summed E-state index contributed by atoms with van der Waals surface area (Å²) in [4.78, 5) is 19.2. The fourth-order valence-corrected chi connectivity index (χ4v) is 1.93. The Hall–Kier alpha value is -0.100. The first-order chi connectivity index (χ1) is 10.0. The van der Waals surface area contributed by atoms with Crippen LogP contribution in [0.5, 0.6) is 0 Å². The van der Waals surface area contributed by atoms with E-state index in [1.165, 1.54) is 57.8 Å². The van der Waals surface area contributed by atoms with E-state index < -0.39 is 11.9 Å². The van der Waals surface area contributed by atoms with Crippen LogP contribution in [-0.4, -0.2) is 35.2 Å². The third-order valence-electron chi connectivity index (χ3n) is 2.98. The van der Waals surface area contributed by atoms with Gasteiger partial charge in [0.25, 0.3) is 5.97 Å². The molecule has 0 aliphatic rings. The summed E-state index contributed by atoms with van der Waals surface area (Å²) in [6.07, 6.45) is 13.2. The van der Waals surface area contributed by atoms with E-state index in [4.69, 9.17) is 15.0 Å². The van der Waals surface area contributed by atoms with E-state index in [1.807, 2.05) is 0 Å². The zero-order chi connectivity index (χ0) is 16.3. The predicted octanol–water partition coefficient (Wildman–Crippen LogP) is 0.789. The van der Waals surface area contributed by atoms with Crippen LogP contribution < -0.4 is 34.9 Å². The van der Waals surface area contributed by atoms with Crippen LogP contribution in [0.2, 0.25) is 0 Å². The molecule has 0 radical (unpaired) electrons. The molecule has 6 heteroatoms. The number of aliphatic carboxylic acids is 2. The van der Waals surface area contributed by atoms with Gasteiger partial charge in [-0.15, -0.1) is 0 Å². The maximum atomic E-state index is 10.2. The summed E-state index contributed by atoms with van der Waals surface area (Å²) in [5.41, 5.74) is 0. The van der Waals surface area contributed by atoms with Gasteiger partial charge in [0.15, 0.2) is 0 Å². The van der Waals surface area contributed by atoms with Crippen molar-refractivity contribution in [3.05, 3.63) is 0 Å². The van der Waals surface area contributed by atoms with E-state index in [2.05, 4.69) is 12.2 Å². The largest absolute Gasteiger partial charge is 1.00 e. The van der Waals surface area contributed by atoms with Gasteiger partial charge in [0.2, 0.25) is 0 Å². The first kappa shape index (κ1) is 26.8. The standard InChI is InChI=1S/C14H29NO2.C2H4O2.Na.H/c1-2-3-4-5-6-7-8-9-10-11-12-15-13-14(16)17;1-2(3)4;;/h15H,2-13H2,1H3,(H,16,17);1H3,(H,3,4);;/q;;+1;-1. The Kier molecular flexibility index (Phi) is 28.2. The van der Waals surface area contributed by atoms with Crippen molar-refractivity contribution < 1.29 is 50.8 Å². The van der Waals surface area contributed by atoms with Gasteiger partial charge in [-0.3, -0.25) is 9.59 Å². The van der Waals surface area contributed by atoms with E-state index in [-0.39, 0.29) is 37.5 Å². The van der Waals surface area contributed by atoms with E-state index in [9.17, 15) is 4.79 Å². The van der Waals surface area contributed by atoms with Crippen LogP contribution in [-0.2, 0) is 9.59 Å². The molecule has 0 fully saturated rings. The Morgan fingerprint density at radius 1 is 0.864 bits per heavy atom. The summed E-state index contributed by atoms with van der Waals surface area (Å²) < 4.78 is 0. The Labute approximate surface area is 159 Å². The molecule has 0 aliphatic heterocycles. The van der Waals surface area contributed by atoms with Crippen molar-refractivity contribution in [1.82, 2.24) is 5.32 Å². The number of hydrogen-bond acceptors (Lipinski definition) is 3. The van der Waals surface area contributed by atoms with Gasteiger partial charge < -0.3 is 17.0 Å². The Morgan fingerprint density at radius 2 is 1.23 bits per heavy atom. The minimum absolute atomic E-state index is 0. The molecule has 0 rings (SSSR count). The molecule has 0 aromatic carbocycles. The molecule has 3 N–H and O–H groups in total. The quantitative estimate of drug-likeness (QED) is 0.344. The smallest absolute Gasteiger partial charge is 1.00 e. The summed E-state index contributed by atoms with van der Waals surface area (Å²) in [6.45, 7) is 4.26. The number of carboxylic acid groups (broad SMARTS) is 2. The average molecular weight is 327 g/mol. The van der Waals surface area contributed by atoms with Crippen molar-refractivity contribution in [3.63, 3.8) is 0 Å². The second kappa shape index (κ2) is 23.2. The van der Waals surface area contributed by atoms with Crippen molar-refractivity contribution in [2.75, 3.05) is 13.1 Å². The molecule has 0 heterocycles. The zero-order valence-electron chi connectivity index (χ0n) is 15.7. The number of hydrogen-bond donors (Lipinski definition) is 3. The van der Waals surface area contributed by atoms with Crippen LogP contribution in [0.25, 0.3) is 0 Å². The van der Waals surface area contributed by atoms with Crippen molar-refractivity contribution in [2.24, 2.45) is 0 Å². The number of carboxylic acids is 2. The average Bonchev–Trinajstić information content (AvgIpc) is 2.39. The molecule has 0 saturated heterocycles.